The zero-order valence-electron chi connectivity index (χ0n) is 14.2. The van der Waals surface area contributed by atoms with Crippen LogP contribution in [0.5, 0.6) is 0 Å². The maximum atomic E-state index is 12.1. The van der Waals surface area contributed by atoms with E-state index in [2.05, 4.69) is 4.72 Å². The van der Waals surface area contributed by atoms with Crippen LogP contribution in [-0.4, -0.2) is 47.3 Å². The highest BCUT2D eigenvalue weighted by atomic mass is 32.2. The maximum Gasteiger partial charge on any atom is 0.410 e. The summed E-state index contributed by atoms with van der Waals surface area (Å²) in [7, 11) is 3.85. The van der Waals surface area contributed by atoms with Crippen LogP contribution in [0.15, 0.2) is 30.3 Å². The molecular formula is C17H30N2O4S. The van der Waals surface area contributed by atoms with Crippen molar-refractivity contribution in [2.75, 3.05) is 14.1 Å². The molecule has 1 amide bonds. The predicted octanol–water partition coefficient (Wildman–Crippen LogP) is 2.03. The van der Waals surface area contributed by atoms with E-state index in [-0.39, 0.29) is 18.5 Å². The molecule has 1 aromatic rings. The van der Waals surface area contributed by atoms with Crippen molar-refractivity contribution < 1.29 is 21.9 Å². The van der Waals surface area contributed by atoms with E-state index in [1.807, 2.05) is 56.4 Å². The summed E-state index contributed by atoms with van der Waals surface area (Å²) in [4.78, 5) is 13.9. The summed E-state index contributed by atoms with van der Waals surface area (Å²) in [6, 6.07) is 10.2. The van der Waals surface area contributed by atoms with Crippen molar-refractivity contribution in [3.63, 3.8) is 0 Å². The van der Waals surface area contributed by atoms with Crippen LogP contribution in [-0.2, 0) is 11.3 Å². The van der Waals surface area contributed by atoms with Crippen molar-refractivity contribution in [1.82, 2.24) is 9.62 Å². The molecule has 7 heteroatoms. The van der Waals surface area contributed by atoms with Crippen LogP contribution in [0.3, 0.4) is 0 Å². The Morgan fingerprint density at radius 3 is 2.50 bits per heavy atom. The van der Waals surface area contributed by atoms with Crippen LogP contribution >= 0.6 is 11.9 Å². The molecule has 1 spiro atoms. The van der Waals surface area contributed by atoms with Gasteiger partial charge in [0.05, 0.1) is 0 Å². The van der Waals surface area contributed by atoms with E-state index in [4.69, 9.17) is 4.74 Å². The van der Waals surface area contributed by atoms with Crippen molar-refractivity contribution in [3.05, 3.63) is 35.9 Å². The summed E-state index contributed by atoms with van der Waals surface area (Å²) in [6.07, 6.45) is 4.61. The molecule has 0 saturated heterocycles. The van der Waals surface area contributed by atoms with Crippen LogP contribution in [0.1, 0.15) is 32.7 Å². The summed E-state index contributed by atoms with van der Waals surface area (Å²) < 4.78 is 8.57. The second-order valence-corrected chi connectivity index (χ2v) is 7.88. The quantitative estimate of drug-likeness (QED) is 0.813. The average molecular weight is 359 g/mol. The van der Waals surface area contributed by atoms with Gasteiger partial charge in [-0.3, -0.25) is 4.72 Å². The van der Waals surface area contributed by atoms with Gasteiger partial charge in [0.25, 0.3) is 0 Å². The molecule has 0 atom stereocenters. The third-order valence-electron chi connectivity index (χ3n) is 4.98. The third kappa shape index (κ3) is 4.42. The minimum absolute atomic E-state index is 0. The van der Waals surface area contributed by atoms with E-state index >= 15 is 0 Å². The van der Waals surface area contributed by atoms with Gasteiger partial charge in [-0.1, -0.05) is 42.3 Å². The summed E-state index contributed by atoms with van der Waals surface area (Å²) in [5, 5.41) is 0.751. The standard InChI is InChI=1S/C17H24N2O2S.2H2O.H2/c1-18-22-15-10-17(11-15)8-14(9-17)19(2)16(20)21-12-13-6-4-3-5-7-13;;;/h3-7,14-15,18H,8-12H2,1-2H3;2*1H2;1H. The fourth-order valence-electron chi connectivity index (χ4n) is 3.67. The van der Waals surface area contributed by atoms with Gasteiger partial charge in [0.1, 0.15) is 6.61 Å². The summed E-state index contributed by atoms with van der Waals surface area (Å²) in [6.45, 7) is 0.350. The molecule has 0 radical (unpaired) electrons. The van der Waals surface area contributed by atoms with E-state index in [0.717, 1.165) is 23.7 Å². The van der Waals surface area contributed by atoms with Gasteiger partial charge in [0.2, 0.25) is 0 Å². The molecule has 5 N–H and O–H groups in total. The number of hydrogen-bond donors (Lipinski definition) is 1. The first-order valence-electron chi connectivity index (χ1n) is 7.88. The largest absolute Gasteiger partial charge is 0.445 e. The molecule has 0 aromatic heterocycles. The van der Waals surface area contributed by atoms with Gasteiger partial charge in [0, 0.05) is 19.8 Å². The average Bonchev–Trinajstić information content (AvgIpc) is 2.46. The van der Waals surface area contributed by atoms with Crippen LogP contribution < -0.4 is 4.72 Å². The third-order valence-corrected chi connectivity index (χ3v) is 5.89. The van der Waals surface area contributed by atoms with Gasteiger partial charge in [-0.2, -0.15) is 0 Å². The van der Waals surface area contributed by atoms with Crippen molar-refractivity contribution in [2.24, 2.45) is 5.41 Å². The minimum Gasteiger partial charge on any atom is -0.445 e. The van der Waals surface area contributed by atoms with Crippen LogP contribution in [0.2, 0.25) is 0 Å². The van der Waals surface area contributed by atoms with Crippen molar-refractivity contribution in [3.8, 4) is 0 Å². The van der Waals surface area contributed by atoms with E-state index < -0.39 is 0 Å². The van der Waals surface area contributed by atoms with E-state index in [0.29, 0.717) is 18.1 Å². The molecule has 2 aliphatic rings. The SMILES string of the molecule is CNSC1CC2(C1)CC(N(C)C(=O)OCc1ccccc1)C2.O.O.[HH]. The molecule has 6 nitrogen and oxygen atoms in total. The topological polar surface area (TPSA) is 105 Å². The monoisotopic (exact) mass is 358 g/mol. The molecule has 0 unspecified atom stereocenters. The Hall–Kier alpha value is -1.28. The van der Waals surface area contributed by atoms with Crippen LogP contribution in [0.25, 0.3) is 0 Å². The summed E-state index contributed by atoms with van der Waals surface area (Å²) >= 11 is 1.84. The van der Waals surface area contributed by atoms with Gasteiger partial charge in [-0.05, 0) is 43.7 Å². The zero-order chi connectivity index (χ0) is 15.6. The molecule has 0 bridgehead atoms. The number of hydrogen-bond acceptors (Lipinski definition) is 4. The lowest BCUT2D eigenvalue weighted by Crippen LogP contribution is -2.57. The molecule has 0 aliphatic heterocycles. The summed E-state index contributed by atoms with van der Waals surface area (Å²) in [5.74, 6) is 0. The van der Waals surface area contributed by atoms with Gasteiger partial charge >= 0.3 is 6.09 Å². The molecule has 1 aromatic carbocycles. The zero-order valence-corrected chi connectivity index (χ0v) is 15.1. The van der Waals surface area contributed by atoms with Gasteiger partial charge in [-0.15, -0.1) is 0 Å². The Morgan fingerprint density at radius 1 is 1.29 bits per heavy atom. The molecule has 2 saturated carbocycles. The number of carbonyl (C=O) groups is 1. The molecular weight excluding hydrogens is 328 g/mol. The highest BCUT2D eigenvalue weighted by Crippen LogP contribution is 2.59. The molecule has 2 aliphatic carbocycles. The molecule has 2 fully saturated rings. The normalized spacial score (nSPS) is 27.1. The van der Waals surface area contributed by atoms with Crippen LogP contribution in [0, 0.1) is 5.41 Å². The van der Waals surface area contributed by atoms with E-state index in [1.165, 1.54) is 12.8 Å². The predicted molar refractivity (Wildman–Crippen MR) is 98.9 cm³/mol. The molecule has 24 heavy (non-hydrogen) atoms. The number of rotatable bonds is 5. The van der Waals surface area contributed by atoms with Crippen molar-refractivity contribution >= 4 is 18.0 Å². The minimum atomic E-state index is -0.204. The maximum absolute atomic E-state index is 12.1. The lowest BCUT2D eigenvalue weighted by atomic mass is 9.53. The van der Waals surface area contributed by atoms with E-state index in [9.17, 15) is 4.79 Å². The molecule has 138 valence electrons. The van der Waals surface area contributed by atoms with Gasteiger partial charge in [-0.25, -0.2) is 4.79 Å². The van der Waals surface area contributed by atoms with Gasteiger partial charge < -0.3 is 20.6 Å². The first kappa shape index (κ1) is 20.8. The Morgan fingerprint density at radius 2 is 1.92 bits per heavy atom. The van der Waals surface area contributed by atoms with Crippen molar-refractivity contribution in [2.45, 2.75) is 43.6 Å². The first-order chi connectivity index (χ1) is 10.6. The smallest absolute Gasteiger partial charge is 0.410 e. The lowest BCUT2D eigenvalue weighted by molar-refractivity contribution is -0.0404. The van der Waals surface area contributed by atoms with Gasteiger partial charge in [0.15, 0.2) is 0 Å². The second kappa shape index (κ2) is 8.71. The number of benzene rings is 1. The Kier molecular flexibility index (Phi) is 7.54. The second-order valence-electron chi connectivity index (χ2n) is 6.57. The number of carbonyl (C=O) groups excluding carboxylic acids is 1. The Labute approximate surface area is 149 Å². The highest BCUT2D eigenvalue weighted by Gasteiger charge is 2.54. The molecule has 0 heterocycles. The van der Waals surface area contributed by atoms with E-state index in [1.54, 1.807) is 4.90 Å². The fraction of sp³-hybridized carbons (Fsp3) is 0.588. The Balaban J connectivity index is 0.00000192. The summed E-state index contributed by atoms with van der Waals surface area (Å²) in [5.41, 5.74) is 1.54. The fourth-order valence-corrected chi connectivity index (χ4v) is 4.88. The Bertz CT molecular complexity index is 521. The lowest BCUT2D eigenvalue weighted by Gasteiger charge is -2.58. The molecule has 3 rings (SSSR count). The van der Waals surface area contributed by atoms with Crippen molar-refractivity contribution in [1.29, 1.82) is 0 Å². The number of nitrogens with zero attached hydrogens (tertiary/aromatic N) is 1. The number of ether oxygens (including phenoxy) is 1. The van der Waals surface area contributed by atoms with Crippen LogP contribution in [0.4, 0.5) is 4.79 Å². The number of amides is 1. The first-order valence-corrected chi connectivity index (χ1v) is 8.76. The highest BCUT2D eigenvalue weighted by molar-refractivity contribution is 7.98. The number of nitrogens with one attached hydrogen (secondary N) is 1.